The van der Waals surface area contributed by atoms with Crippen molar-refractivity contribution in [2.24, 2.45) is 0 Å². The Kier molecular flexibility index (Phi) is 5.06. The number of rotatable bonds is 4. The molecule has 3 aromatic carbocycles. The van der Waals surface area contributed by atoms with Crippen molar-refractivity contribution in [3.05, 3.63) is 101 Å². The molecule has 7 heteroatoms. The maximum atomic E-state index is 13.5. The molecule has 1 atom stereocenters. The first-order valence-corrected chi connectivity index (χ1v) is 11.8. The van der Waals surface area contributed by atoms with E-state index in [4.69, 9.17) is 0 Å². The van der Waals surface area contributed by atoms with Crippen LogP contribution in [0.2, 0.25) is 0 Å². The predicted octanol–water partition coefficient (Wildman–Crippen LogP) is 4.24. The fourth-order valence-electron chi connectivity index (χ4n) is 5.53. The summed E-state index contributed by atoms with van der Waals surface area (Å²) < 4.78 is 15.6. The number of nitrogens with zero attached hydrogens (tertiary/aromatic N) is 3. The molecule has 0 bridgehead atoms. The molecule has 0 saturated carbocycles. The summed E-state index contributed by atoms with van der Waals surface area (Å²) in [4.78, 5) is 30.5. The van der Waals surface area contributed by atoms with Crippen LogP contribution in [0.4, 0.5) is 10.1 Å². The van der Waals surface area contributed by atoms with Crippen molar-refractivity contribution >= 4 is 28.4 Å². The number of fused-ring (bicyclic) bond motifs is 6. The fraction of sp³-hybridized carbons (Fsp3) is 0.214. The van der Waals surface area contributed by atoms with Crippen LogP contribution in [0.25, 0.3) is 10.9 Å². The van der Waals surface area contributed by atoms with Crippen LogP contribution < -0.4 is 10.2 Å². The Morgan fingerprint density at radius 2 is 1.86 bits per heavy atom. The lowest BCUT2D eigenvalue weighted by molar-refractivity contribution is -0.121. The first-order chi connectivity index (χ1) is 17.0. The summed E-state index contributed by atoms with van der Waals surface area (Å²) in [6.07, 6.45) is 0.427. The number of halogens is 1. The summed E-state index contributed by atoms with van der Waals surface area (Å²) in [5.41, 5.74) is 5.42. The summed E-state index contributed by atoms with van der Waals surface area (Å²) in [6.45, 7) is 0.980. The molecule has 1 aromatic heterocycles. The molecule has 176 valence electrons. The first kappa shape index (κ1) is 21.4. The molecule has 0 saturated heterocycles. The number of carbonyl (C=O) groups is 2. The number of aromatic nitrogens is 1. The molecule has 0 fully saturated rings. The highest BCUT2D eigenvalue weighted by molar-refractivity contribution is 6.02. The fourth-order valence-corrected chi connectivity index (χ4v) is 5.53. The topological polar surface area (TPSA) is 57.6 Å². The summed E-state index contributed by atoms with van der Waals surface area (Å²) >= 11 is 0. The van der Waals surface area contributed by atoms with E-state index in [9.17, 15) is 14.0 Å². The molecular formula is C28H25FN4O2. The molecule has 3 heterocycles. The summed E-state index contributed by atoms with van der Waals surface area (Å²) in [5, 5.41) is 4.03. The Morgan fingerprint density at radius 1 is 1.06 bits per heavy atom. The Morgan fingerprint density at radius 3 is 2.71 bits per heavy atom. The van der Waals surface area contributed by atoms with Gasteiger partial charge in [0.2, 0.25) is 5.91 Å². The number of anilines is 1. The molecular weight excluding hydrogens is 443 g/mol. The first-order valence-electron chi connectivity index (χ1n) is 11.8. The van der Waals surface area contributed by atoms with Gasteiger partial charge in [-0.3, -0.25) is 9.59 Å². The molecule has 35 heavy (non-hydrogen) atoms. The molecule has 0 spiro atoms. The Bertz CT molecular complexity index is 1480. The molecule has 2 amide bonds. The minimum absolute atomic E-state index is 0.0155. The zero-order valence-electron chi connectivity index (χ0n) is 19.4. The van der Waals surface area contributed by atoms with Gasteiger partial charge >= 0.3 is 0 Å². The second-order valence-electron chi connectivity index (χ2n) is 9.12. The minimum Gasteiger partial charge on any atom is -0.350 e. The Hall–Kier alpha value is -4.13. The number of hydrogen-bond acceptors (Lipinski definition) is 3. The molecule has 1 unspecified atom stereocenters. The predicted molar refractivity (Wildman–Crippen MR) is 133 cm³/mol. The van der Waals surface area contributed by atoms with Crippen molar-refractivity contribution in [1.82, 2.24) is 14.8 Å². The van der Waals surface area contributed by atoms with Crippen LogP contribution in [0.5, 0.6) is 0 Å². The maximum absolute atomic E-state index is 13.5. The number of nitrogens with one attached hydrogen (secondary N) is 1. The highest BCUT2D eigenvalue weighted by Crippen LogP contribution is 2.44. The van der Waals surface area contributed by atoms with Gasteiger partial charge < -0.3 is 19.7 Å². The highest BCUT2D eigenvalue weighted by Gasteiger charge is 2.42. The van der Waals surface area contributed by atoms with Crippen LogP contribution in [0.1, 0.15) is 33.3 Å². The number of para-hydroxylation sites is 2. The van der Waals surface area contributed by atoms with E-state index in [-0.39, 0.29) is 36.9 Å². The van der Waals surface area contributed by atoms with Crippen LogP contribution in [0.3, 0.4) is 0 Å². The van der Waals surface area contributed by atoms with Crippen molar-refractivity contribution in [1.29, 1.82) is 0 Å². The van der Waals surface area contributed by atoms with Gasteiger partial charge in [0, 0.05) is 31.0 Å². The van der Waals surface area contributed by atoms with Crippen molar-refractivity contribution in [3.63, 3.8) is 0 Å². The zero-order chi connectivity index (χ0) is 24.1. The van der Waals surface area contributed by atoms with Crippen molar-refractivity contribution in [2.45, 2.75) is 25.7 Å². The summed E-state index contributed by atoms with van der Waals surface area (Å²) in [7, 11) is 2.00. The van der Waals surface area contributed by atoms with E-state index in [1.807, 2.05) is 59.0 Å². The molecule has 6 nitrogen and oxygen atoms in total. The van der Waals surface area contributed by atoms with E-state index in [0.29, 0.717) is 17.7 Å². The second-order valence-corrected chi connectivity index (χ2v) is 9.12. The average molecular weight is 469 g/mol. The molecule has 4 aromatic rings. The number of hydrogen-bond donors (Lipinski definition) is 1. The SMILES string of the molecule is CN1c2ccccc2C(=O)N2CCc3c(n(CC(=O)NCc4cccc(F)c4)c4ccccc34)C21. The van der Waals surface area contributed by atoms with Crippen molar-refractivity contribution in [3.8, 4) is 0 Å². The van der Waals surface area contributed by atoms with E-state index in [0.717, 1.165) is 28.7 Å². The largest absolute Gasteiger partial charge is 0.350 e. The standard InChI is InChI=1S/C28H25FN4O2/c1-31-23-11-4-3-10-22(23)28(35)32-14-13-21-20-9-2-5-12-24(20)33(26(21)27(31)32)17-25(34)30-16-18-7-6-8-19(29)15-18/h2-12,15,27H,13-14,16-17H2,1H3,(H,30,34). The van der Waals surface area contributed by atoms with Crippen LogP contribution >= 0.6 is 0 Å². The lowest BCUT2D eigenvalue weighted by Crippen LogP contribution is -2.51. The van der Waals surface area contributed by atoms with Gasteiger partial charge in [-0.15, -0.1) is 0 Å². The third-order valence-corrected chi connectivity index (χ3v) is 7.09. The lowest BCUT2D eigenvalue weighted by Gasteiger charge is -2.46. The van der Waals surface area contributed by atoms with E-state index in [1.54, 1.807) is 12.1 Å². The van der Waals surface area contributed by atoms with Crippen LogP contribution in [0, 0.1) is 5.82 Å². The molecule has 0 aliphatic carbocycles. The van der Waals surface area contributed by atoms with Crippen molar-refractivity contribution < 1.29 is 14.0 Å². The van der Waals surface area contributed by atoms with Crippen LogP contribution in [0.15, 0.2) is 72.8 Å². The third-order valence-electron chi connectivity index (χ3n) is 7.09. The maximum Gasteiger partial charge on any atom is 0.257 e. The van der Waals surface area contributed by atoms with E-state index in [1.165, 1.54) is 17.7 Å². The zero-order valence-corrected chi connectivity index (χ0v) is 19.4. The number of amides is 2. The monoisotopic (exact) mass is 468 g/mol. The molecule has 6 rings (SSSR count). The quantitative estimate of drug-likeness (QED) is 0.487. The number of benzene rings is 3. The number of carbonyl (C=O) groups excluding carboxylic acids is 2. The van der Waals surface area contributed by atoms with Crippen LogP contribution in [-0.2, 0) is 24.3 Å². The van der Waals surface area contributed by atoms with Gasteiger partial charge in [0.15, 0.2) is 0 Å². The van der Waals surface area contributed by atoms with Crippen LogP contribution in [-0.4, -0.2) is 34.9 Å². The van der Waals surface area contributed by atoms with Gasteiger partial charge in [-0.05, 0) is 47.9 Å². The summed E-state index contributed by atoms with van der Waals surface area (Å²) in [6, 6.07) is 22.0. The van der Waals surface area contributed by atoms with Gasteiger partial charge in [-0.2, -0.15) is 0 Å². The second kappa shape index (κ2) is 8.27. The smallest absolute Gasteiger partial charge is 0.257 e. The third kappa shape index (κ3) is 3.46. The lowest BCUT2D eigenvalue weighted by atomic mass is 9.96. The van der Waals surface area contributed by atoms with E-state index < -0.39 is 0 Å². The van der Waals surface area contributed by atoms with E-state index >= 15 is 0 Å². The highest BCUT2D eigenvalue weighted by atomic mass is 19.1. The van der Waals surface area contributed by atoms with Crippen molar-refractivity contribution in [2.75, 3.05) is 18.5 Å². The molecule has 0 radical (unpaired) electrons. The van der Waals surface area contributed by atoms with Gasteiger partial charge in [0.05, 0.1) is 16.9 Å². The van der Waals surface area contributed by atoms with Gasteiger partial charge in [-0.25, -0.2) is 4.39 Å². The minimum atomic E-state index is -0.326. The Balaban J connectivity index is 1.39. The van der Waals surface area contributed by atoms with Gasteiger partial charge in [0.25, 0.3) is 5.91 Å². The molecule has 1 N–H and O–H groups in total. The normalized spacial score (nSPS) is 16.6. The van der Waals surface area contributed by atoms with E-state index in [2.05, 4.69) is 16.3 Å². The van der Waals surface area contributed by atoms with Gasteiger partial charge in [-0.1, -0.05) is 42.5 Å². The molecule has 2 aliphatic rings. The Labute approximate surface area is 202 Å². The molecule has 2 aliphatic heterocycles. The average Bonchev–Trinajstić information content (AvgIpc) is 3.19. The summed E-state index contributed by atoms with van der Waals surface area (Å²) in [5.74, 6) is -0.477. The van der Waals surface area contributed by atoms with Gasteiger partial charge in [0.1, 0.15) is 18.5 Å².